The number of likely N-dealkylation sites (N-methyl/N-ethyl adjacent to an activating group) is 1. The van der Waals surface area contributed by atoms with Gasteiger partial charge in [0.2, 0.25) is 0 Å². The summed E-state index contributed by atoms with van der Waals surface area (Å²) in [4.78, 5) is 16.4. The highest BCUT2D eigenvalue weighted by molar-refractivity contribution is 5.94. The molecule has 1 aromatic heterocycles. The molecule has 1 N–H and O–H groups in total. The second-order valence-corrected chi connectivity index (χ2v) is 10.5. The maximum absolute atomic E-state index is 14.5. The summed E-state index contributed by atoms with van der Waals surface area (Å²) in [6.07, 6.45) is 0.896. The molecule has 0 bridgehead atoms. The van der Waals surface area contributed by atoms with E-state index in [0.29, 0.717) is 31.9 Å². The zero-order chi connectivity index (χ0) is 26.1. The fourth-order valence-electron chi connectivity index (χ4n) is 6.02. The zero-order valence-electron chi connectivity index (χ0n) is 21.8. The van der Waals surface area contributed by atoms with Crippen LogP contribution in [0, 0.1) is 11.3 Å². The highest BCUT2D eigenvalue weighted by atomic mass is 19.1. The number of aromatic nitrogens is 2. The van der Waals surface area contributed by atoms with Crippen LogP contribution in [0.4, 0.5) is 15.9 Å². The average molecular weight is 516 g/mol. The Kier molecular flexibility index (Phi) is 7.00. The van der Waals surface area contributed by atoms with Crippen molar-refractivity contribution in [1.82, 2.24) is 20.2 Å². The number of nitriles is 1. The van der Waals surface area contributed by atoms with Crippen molar-refractivity contribution in [2.45, 2.75) is 44.1 Å². The number of benzene rings is 2. The third-order valence-electron chi connectivity index (χ3n) is 8.15. The molecule has 0 saturated carbocycles. The van der Waals surface area contributed by atoms with Crippen molar-refractivity contribution in [2.24, 2.45) is 0 Å². The van der Waals surface area contributed by atoms with Crippen LogP contribution in [0.3, 0.4) is 0 Å². The Morgan fingerprint density at radius 2 is 1.97 bits per heavy atom. The van der Waals surface area contributed by atoms with E-state index in [-0.39, 0.29) is 18.7 Å². The summed E-state index contributed by atoms with van der Waals surface area (Å²) in [7, 11) is 1.94. The van der Waals surface area contributed by atoms with Crippen molar-refractivity contribution in [3.63, 3.8) is 0 Å². The lowest BCUT2D eigenvalue weighted by Crippen LogP contribution is -2.51. The van der Waals surface area contributed by atoms with E-state index in [1.165, 1.54) is 16.5 Å². The number of likely N-dealkylation sites (tertiary alicyclic amines) is 1. The van der Waals surface area contributed by atoms with Crippen LogP contribution in [0.15, 0.2) is 42.5 Å². The first-order valence-electron chi connectivity index (χ1n) is 13.6. The van der Waals surface area contributed by atoms with Crippen LogP contribution < -0.4 is 19.9 Å². The minimum Gasteiger partial charge on any atom is -0.462 e. The van der Waals surface area contributed by atoms with Gasteiger partial charge in [-0.15, -0.1) is 0 Å². The van der Waals surface area contributed by atoms with Crippen LogP contribution in [0.5, 0.6) is 6.01 Å². The molecule has 198 valence electrons. The van der Waals surface area contributed by atoms with Crippen molar-refractivity contribution in [2.75, 3.05) is 56.2 Å². The molecule has 3 aliphatic heterocycles. The normalized spacial score (nSPS) is 23.9. The molecule has 1 unspecified atom stereocenters. The quantitative estimate of drug-likeness (QED) is 0.536. The summed E-state index contributed by atoms with van der Waals surface area (Å²) in [5, 5.41) is 15.1. The molecule has 3 aromatic rings. The summed E-state index contributed by atoms with van der Waals surface area (Å²) < 4.78 is 20.6. The maximum Gasteiger partial charge on any atom is 0.318 e. The molecule has 2 saturated heterocycles. The molecular formula is C29H34FN7O. The highest BCUT2D eigenvalue weighted by Crippen LogP contribution is 2.34. The summed E-state index contributed by atoms with van der Waals surface area (Å²) in [6.45, 7) is 4.77. The molecule has 3 aliphatic rings. The predicted molar refractivity (Wildman–Crippen MR) is 146 cm³/mol. The van der Waals surface area contributed by atoms with Gasteiger partial charge >= 0.3 is 6.01 Å². The molecule has 6 rings (SSSR count). The number of hydrogen-bond acceptors (Lipinski definition) is 8. The maximum atomic E-state index is 14.5. The molecule has 4 heterocycles. The number of nitrogens with zero attached hydrogens (tertiary/aromatic N) is 6. The van der Waals surface area contributed by atoms with Crippen LogP contribution in [-0.4, -0.2) is 79.5 Å². The molecule has 2 fully saturated rings. The van der Waals surface area contributed by atoms with Crippen LogP contribution in [-0.2, 0) is 13.0 Å². The third-order valence-corrected chi connectivity index (χ3v) is 8.15. The first kappa shape index (κ1) is 24.8. The number of nitrogens with one attached hydrogen (secondary N) is 1. The van der Waals surface area contributed by atoms with Crippen molar-refractivity contribution in [1.29, 1.82) is 5.26 Å². The van der Waals surface area contributed by atoms with E-state index in [2.05, 4.69) is 63.7 Å². The number of alkyl halides is 1. The van der Waals surface area contributed by atoms with Crippen LogP contribution in [0.1, 0.15) is 24.1 Å². The van der Waals surface area contributed by atoms with Crippen molar-refractivity contribution in [3.05, 3.63) is 53.7 Å². The topological polar surface area (TPSA) is 80.5 Å². The van der Waals surface area contributed by atoms with Gasteiger partial charge in [0.1, 0.15) is 18.6 Å². The van der Waals surface area contributed by atoms with Gasteiger partial charge in [-0.25, -0.2) is 4.39 Å². The van der Waals surface area contributed by atoms with Gasteiger partial charge in [0.25, 0.3) is 0 Å². The molecule has 38 heavy (non-hydrogen) atoms. The van der Waals surface area contributed by atoms with E-state index in [1.54, 1.807) is 0 Å². The molecular weight excluding hydrogens is 481 g/mol. The number of halogens is 1. The van der Waals surface area contributed by atoms with Gasteiger partial charge in [-0.1, -0.05) is 36.4 Å². The van der Waals surface area contributed by atoms with Crippen LogP contribution in [0.25, 0.3) is 10.8 Å². The van der Waals surface area contributed by atoms with Gasteiger partial charge in [0, 0.05) is 55.4 Å². The van der Waals surface area contributed by atoms with Gasteiger partial charge in [0.15, 0.2) is 0 Å². The minimum atomic E-state index is -0.904. The smallest absolute Gasteiger partial charge is 0.318 e. The Morgan fingerprint density at radius 1 is 1.11 bits per heavy atom. The molecule has 0 spiro atoms. The molecule has 9 heteroatoms. The summed E-state index contributed by atoms with van der Waals surface area (Å²) >= 11 is 0. The van der Waals surface area contributed by atoms with Crippen molar-refractivity contribution >= 4 is 22.3 Å². The molecule has 2 aromatic carbocycles. The SMILES string of the molecule is CN1CC[C@@H](F)[C@H]1COc1nc2c(c(N3CCNC(CC#N)C3)n1)CCN(c1cccc3ccccc13)C2. The highest BCUT2D eigenvalue weighted by Gasteiger charge is 2.33. The van der Waals surface area contributed by atoms with Gasteiger partial charge in [-0.2, -0.15) is 15.2 Å². The van der Waals surface area contributed by atoms with Crippen LogP contribution in [0.2, 0.25) is 0 Å². The van der Waals surface area contributed by atoms with Crippen molar-refractivity contribution in [3.8, 4) is 12.1 Å². The summed E-state index contributed by atoms with van der Waals surface area (Å²) in [6, 6.07) is 17.3. The monoisotopic (exact) mass is 515 g/mol. The Balaban J connectivity index is 1.32. The molecule has 0 amide bonds. The number of rotatable bonds is 6. The average Bonchev–Trinajstić information content (AvgIpc) is 3.27. The molecule has 3 atom stereocenters. The number of piperazine rings is 1. The van der Waals surface area contributed by atoms with Gasteiger partial charge in [-0.3, -0.25) is 4.90 Å². The second-order valence-electron chi connectivity index (χ2n) is 10.5. The minimum absolute atomic E-state index is 0.0962. The first-order chi connectivity index (χ1) is 18.6. The number of hydrogen-bond donors (Lipinski definition) is 1. The fraction of sp³-hybridized carbons (Fsp3) is 0.483. The predicted octanol–water partition coefficient (Wildman–Crippen LogP) is 3.31. The Bertz CT molecular complexity index is 1330. The van der Waals surface area contributed by atoms with Crippen molar-refractivity contribution < 1.29 is 9.13 Å². The molecule has 0 radical (unpaired) electrons. The Hall–Kier alpha value is -3.48. The molecule has 0 aliphatic carbocycles. The van der Waals surface area contributed by atoms with Gasteiger partial charge < -0.3 is 19.9 Å². The van der Waals surface area contributed by atoms with E-state index in [4.69, 9.17) is 14.7 Å². The second kappa shape index (κ2) is 10.7. The Morgan fingerprint density at radius 3 is 2.82 bits per heavy atom. The fourth-order valence-corrected chi connectivity index (χ4v) is 6.02. The third kappa shape index (κ3) is 4.86. The van der Waals surface area contributed by atoms with Gasteiger partial charge in [0.05, 0.1) is 30.8 Å². The lowest BCUT2D eigenvalue weighted by molar-refractivity contribution is 0.140. The Labute approximate surface area is 223 Å². The number of fused-ring (bicyclic) bond motifs is 2. The van der Waals surface area contributed by atoms with E-state index >= 15 is 0 Å². The van der Waals surface area contributed by atoms with E-state index < -0.39 is 6.17 Å². The van der Waals surface area contributed by atoms with E-state index in [9.17, 15) is 9.65 Å². The summed E-state index contributed by atoms with van der Waals surface area (Å²) in [5.74, 6) is 0.892. The van der Waals surface area contributed by atoms with Crippen LogP contribution >= 0.6 is 0 Å². The number of anilines is 2. The van der Waals surface area contributed by atoms with E-state index in [0.717, 1.165) is 49.7 Å². The molecule has 8 nitrogen and oxygen atoms in total. The lowest BCUT2D eigenvalue weighted by Gasteiger charge is -2.37. The first-order valence-corrected chi connectivity index (χ1v) is 13.6. The zero-order valence-corrected chi connectivity index (χ0v) is 21.8. The lowest BCUT2D eigenvalue weighted by atomic mass is 10.0. The van der Waals surface area contributed by atoms with E-state index in [1.807, 2.05) is 11.9 Å². The largest absolute Gasteiger partial charge is 0.462 e. The standard InChI is InChI=1S/C29H34FN7O/c1-35-14-11-24(30)27(35)19-38-29-33-25-18-36(26-8-4-6-20-5-2-3-7-22(20)26)15-10-23(25)28(34-29)37-16-13-32-21(17-37)9-12-31/h2-8,21,24,27,32H,9-11,13-19H2,1H3/t21?,24-,27-/m1/s1. The summed E-state index contributed by atoms with van der Waals surface area (Å²) in [5.41, 5.74) is 3.30. The van der Waals surface area contributed by atoms with Gasteiger partial charge in [-0.05, 0) is 31.3 Å². The number of ether oxygens (including phenoxy) is 1.